The zero-order chi connectivity index (χ0) is 28.2. The molecule has 7 nitrogen and oxygen atoms in total. The first-order valence-electron chi connectivity index (χ1n) is 12.5. The van der Waals surface area contributed by atoms with Crippen LogP contribution in [0.4, 0.5) is 11.4 Å². The van der Waals surface area contributed by atoms with Gasteiger partial charge in [0.2, 0.25) is 0 Å². The van der Waals surface area contributed by atoms with Crippen LogP contribution in [-0.4, -0.2) is 20.2 Å². The Morgan fingerprint density at radius 1 is 0.718 bits per heavy atom. The molecule has 200 valence electrons. The number of sulfonamides is 1. The minimum Gasteiger partial charge on any atom is -0.345 e. The van der Waals surface area contributed by atoms with Gasteiger partial charge in [0.05, 0.1) is 27.9 Å². The first-order valence-corrected chi connectivity index (χ1v) is 14.0. The van der Waals surface area contributed by atoms with Gasteiger partial charge in [0.1, 0.15) is 0 Å². The second-order valence-electron chi connectivity index (χ2n) is 9.51. The highest BCUT2D eigenvalue weighted by Crippen LogP contribution is 2.25. The van der Waals surface area contributed by atoms with Gasteiger partial charge in [-0.3, -0.25) is 14.3 Å². The Morgan fingerprint density at radius 2 is 1.41 bits per heavy atom. The molecule has 0 aliphatic carbocycles. The van der Waals surface area contributed by atoms with Crippen LogP contribution in [0.3, 0.4) is 0 Å². The second-order valence-corrected chi connectivity index (χ2v) is 11.2. The molecule has 0 fully saturated rings. The summed E-state index contributed by atoms with van der Waals surface area (Å²) in [5.41, 5.74) is 4.50. The van der Waals surface area contributed by atoms with Crippen LogP contribution in [0.5, 0.6) is 0 Å². The Hall–Kier alpha value is -4.43. The highest BCUT2D eigenvalue weighted by molar-refractivity contribution is 7.92. The molecule has 0 aliphatic heterocycles. The molecular weight excluding hydrogens is 510 g/mol. The summed E-state index contributed by atoms with van der Waals surface area (Å²) in [6.07, 6.45) is 0. The lowest BCUT2D eigenvalue weighted by Gasteiger charge is -2.17. The SMILES string of the molecule is Cc1ccc(NS(=O)(=O)c2cc(C(=O)Nc3ccccc3C(=O)N[C@@H](C)c3ccccc3)ccc2C)c(C)c1. The molecule has 0 spiro atoms. The van der Waals surface area contributed by atoms with Crippen LogP contribution in [0, 0.1) is 20.8 Å². The largest absolute Gasteiger partial charge is 0.345 e. The third-order valence-corrected chi connectivity index (χ3v) is 7.94. The molecule has 4 aromatic rings. The third kappa shape index (κ3) is 6.53. The molecule has 0 bridgehead atoms. The van der Waals surface area contributed by atoms with E-state index in [1.54, 1.807) is 49.4 Å². The molecule has 0 heterocycles. The average molecular weight is 542 g/mol. The van der Waals surface area contributed by atoms with Crippen molar-refractivity contribution in [1.82, 2.24) is 5.32 Å². The number of para-hydroxylation sites is 1. The summed E-state index contributed by atoms with van der Waals surface area (Å²) in [7, 11) is -3.96. The van der Waals surface area contributed by atoms with E-state index in [4.69, 9.17) is 0 Å². The Morgan fingerprint density at radius 3 is 2.13 bits per heavy atom. The van der Waals surface area contributed by atoms with Gasteiger partial charge in [0.25, 0.3) is 21.8 Å². The number of benzene rings is 4. The molecular formula is C31H31N3O4S. The molecule has 0 aliphatic rings. The number of hydrogen-bond acceptors (Lipinski definition) is 4. The van der Waals surface area contributed by atoms with Crippen molar-refractivity contribution in [3.05, 3.63) is 124 Å². The lowest BCUT2D eigenvalue weighted by atomic mass is 10.1. The van der Waals surface area contributed by atoms with E-state index in [2.05, 4.69) is 15.4 Å². The van der Waals surface area contributed by atoms with Gasteiger partial charge >= 0.3 is 0 Å². The number of aryl methyl sites for hydroxylation is 3. The normalized spacial score (nSPS) is 11.9. The Labute approximate surface area is 229 Å². The topological polar surface area (TPSA) is 104 Å². The van der Waals surface area contributed by atoms with Gasteiger partial charge in [0.15, 0.2) is 0 Å². The maximum absolute atomic E-state index is 13.3. The Kier molecular flexibility index (Phi) is 8.16. The second kappa shape index (κ2) is 11.5. The van der Waals surface area contributed by atoms with Gasteiger partial charge in [-0.25, -0.2) is 8.42 Å². The zero-order valence-corrected chi connectivity index (χ0v) is 23.1. The molecule has 0 aromatic heterocycles. The molecule has 0 unspecified atom stereocenters. The van der Waals surface area contributed by atoms with Crippen molar-refractivity contribution in [2.45, 2.75) is 38.6 Å². The number of carbonyl (C=O) groups is 2. The average Bonchev–Trinajstić information content (AvgIpc) is 2.91. The summed E-state index contributed by atoms with van der Waals surface area (Å²) in [4.78, 5) is 26.3. The first kappa shape index (κ1) is 27.6. The standard InChI is InChI=1S/C31H31N3O4S/c1-20-14-17-27(22(3)18-20)34-39(37,38)29-19-25(16-15-21(29)2)30(35)33-28-13-9-8-12-26(28)31(36)32-23(4)24-10-6-5-7-11-24/h5-19,23,34H,1-4H3,(H,32,36)(H,33,35)/t23-/m0/s1. The zero-order valence-electron chi connectivity index (χ0n) is 22.3. The van der Waals surface area contributed by atoms with E-state index in [0.717, 1.165) is 16.7 Å². The smallest absolute Gasteiger partial charge is 0.262 e. The summed E-state index contributed by atoms with van der Waals surface area (Å²) in [5, 5.41) is 5.72. The number of rotatable bonds is 8. The van der Waals surface area contributed by atoms with Crippen molar-refractivity contribution in [3.63, 3.8) is 0 Å². The van der Waals surface area contributed by atoms with Crippen molar-refractivity contribution < 1.29 is 18.0 Å². The molecule has 39 heavy (non-hydrogen) atoms. The number of amides is 2. The monoisotopic (exact) mass is 541 g/mol. The van der Waals surface area contributed by atoms with Gasteiger partial charge < -0.3 is 10.6 Å². The van der Waals surface area contributed by atoms with Gasteiger partial charge in [-0.15, -0.1) is 0 Å². The fraction of sp³-hybridized carbons (Fsp3) is 0.161. The predicted molar refractivity (Wildman–Crippen MR) is 155 cm³/mol. The first-order chi connectivity index (χ1) is 18.5. The van der Waals surface area contributed by atoms with Crippen LogP contribution >= 0.6 is 0 Å². The lowest BCUT2D eigenvalue weighted by molar-refractivity contribution is 0.0940. The summed E-state index contributed by atoms with van der Waals surface area (Å²) < 4.78 is 29.2. The highest BCUT2D eigenvalue weighted by atomic mass is 32.2. The van der Waals surface area contributed by atoms with E-state index in [0.29, 0.717) is 22.5 Å². The summed E-state index contributed by atoms with van der Waals surface area (Å²) in [5.74, 6) is -0.874. The Balaban J connectivity index is 1.55. The van der Waals surface area contributed by atoms with Gasteiger partial charge in [-0.05, 0) is 74.7 Å². The van der Waals surface area contributed by atoms with Gasteiger partial charge in [0, 0.05) is 5.56 Å². The maximum Gasteiger partial charge on any atom is 0.262 e. The summed E-state index contributed by atoms with van der Waals surface area (Å²) in [6, 6.07) is 25.9. The predicted octanol–water partition coefficient (Wildman–Crippen LogP) is 6.16. The number of hydrogen-bond donors (Lipinski definition) is 3. The third-order valence-electron chi connectivity index (χ3n) is 6.43. The minimum atomic E-state index is -3.96. The van der Waals surface area contributed by atoms with E-state index >= 15 is 0 Å². The molecule has 8 heteroatoms. The number of carbonyl (C=O) groups excluding carboxylic acids is 2. The molecule has 4 rings (SSSR count). The van der Waals surface area contributed by atoms with Gasteiger partial charge in [-0.2, -0.15) is 0 Å². The maximum atomic E-state index is 13.3. The van der Waals surface area contributed by atoms with Crippen LogP contribution in [-0.2, 0) is 10.0 Å². The summed E-state index contributed by atoms with van der Waals surface area (Å²) in [6.45, 7) is 7.32. The highest BCUT2D eigenvalue weighted by Gasteiger charge is 2.21. The van der Waals surface area contributed by atoms with E-state index < -0.39 is 15.9 Å². The Bertz CT molecular complexity index is 1630. The van der Waals surface area contributed by atoms with Crippen molar-refractivity contribution in [3.8, 4) is 0 Å². The van der Waals surface area contributed by atoms with Crippen LogP contribution < -0.4 is 15.4 Å². The van der Waals surface area contributed by atoms with Crippen molar-refractivity contribution in [2.24, 2.45) is 0 Å². The molecule has 0 saturated heterocycles. The molecule has 0 radical (unpaired) electrons. The van der Waals surface area contributed by atoms with Crippen LogP contribution in [0.2, 0.25) is 0 Å². The van der Waals surface area contributed by atoms with E-state index in [1.807, 2.05) is 63.2 Å². The molecule has 1 atom stereocenters. The molecule has 2 amide bonds. The quantitative estimate of drug-likeness (QED) is 0.249. The van der Waals surface area contributed by atoms with Crippen LogP contribution in [0.1, 0.15) is 55.9 Å². The summed E-state index contributed by atoms with van der Waals surface area (Å²) >= 11 is 0. The fourth-order valence-corrected chi connectivity index (χ4v) is 5.65. The lowest BCUT2D eigenvalue weighted by Crippen LogP contribution is -2.28. The van der Waals surface area contributed by atoms with Crippen LogP contribution in [0.25, 0.3) is 0 Å². The molecule has 3 N–H and O–H groups in total. The fourth-order valence-electron chi connectivity index (χ4n) is 4.24. The van der Waals surface area contributed by atoms with Crippen LogP contribution in [0.15, 0.2) is 95.9 Å². The molecule has 4 aromatic carbocycles. The van der Waals surface area contributed by atoms with Gasteiger partial charge in [-0.1, -0.05) is 66.2 Å². The van der Waals surface area contributed by atoms with Crippen molar-refractivity contribution >= 4 is 33.2 Å². The van der Waals surface area contributed by atoms with Crippen molar-refractivity contribution in [1.29, 1.82) is 0 Å². The van der Waals surface area contributed by atoms with E-state index in [9.17, 15) is 18.0 Å². The van der Waals surface area contributed by atoms with E-state index in [-0.39, 0.29) is 22.4 Å². The van der Waals surface area contributed by atoms with E-state index in [1.165, 1.54) is 6.07 Å². The number of anilines is 2. The van der Waals surface area contributed by atoms with Crippen molar-refractivity contribution in [2.75, 3.05) is 10.0 Å². The minimum absolute atomic E-state index is 0.00200. The molecule has 0 saturated carbocycles. The number of nitrogens with one attached hydrogen (secondary N) is 3.